The van der Waals surface area contributed by atoms with Crippen LogP contribution >= 0.6 is 58.0 Å². The van der Waals surface area contributed by atoms with Gasteiger partial charge in [-0.25, -0.2) is 30.2 Å². The van der Waals surface area contributed by atoms with Gasteiger partial charge in [0.05, 0.1) is 89.2 Å². The number of aromatic nitrogens is 6. The predicted octanol–water partition coefficient (Wildman–Crippen LogP) is 21.6. The molecule has 15 aromatic rings. The molecule has 0 spiro atoms. The van der Waals surface area contributed by atoms with E-state index in [-0.39, 0.29) is 47.3 Å². The summed E-state index contributed by atoms with van der Waals surface area (Å²) in [5, 5.41) is 28.8. The Kier molecular flexibility index (Phi) is 36.1. The molecule has 139 heavy (non-hydrogen) atoms. The molecule has 0 unspecified atom stereocenters. The van der Waals surface area contributed by atoms with Gasteiger partial charge < -0.3 is 42.3 Å². The number of alkyl halides is 3. The lowest BCUT2D eigenvalue weighted by molar-refractivity contribution is -0.141. The van der Waals surface area contributed by atoms with Gasteiger partial charge in [-0.2, -0.15) is 13.2 Å². The van der Waals surface area contributed by atoms with E-state index in [4.69, 9.17) is 63.7 Å². The topological polar surface area (TPSA) is 429 Å². The average molecular weight is 2040 g/mol. The molecule has 712 valence electrons. The highest BCUT2D eigenvalue weighted by molar-refractivity contribution is 7.93. The summed E-state index contributed by atoms with van der Waals surface area (Å²) < 4.78 is 114. The molecule has 5 amide bonds. The zero-order valence-electron chi connectivity index (χ0n) is 74.1. The van der Waals surface area contributed by atoms with Gasteiger partial charge in [-0.15, -0.1) is 0 Å². The molecule has 0 aliphatic carbocycles. The first-order valence-electron chi connectivity index (χ1n) is 41.2. The first-order valence-corrected chi connectivity index (χ1v) is 48.4. The summed E-state index contributed by atoms with van der Waals surface area (Å²) in [7, 11) is -8.75. The molecule has 0 radical (unpaired) electrons. The zero-order chi connectivity index (χ0) is 100. The van der Waals surface area contributed by atoms with Gasteiger partial charge in [0.15, 0.2) is 5.84 Å². The number of nitrogens with two attached hydrogens (primary N) is 1. The number of amides is 5. The lowest BCUT2D eigenvalue weighted by Gasteiger charge is -2.12. The third-order valence-electron chi connectivity index (χ3n) is 19.3. The van der Waals surface area contributed by atoms with Crippen LogP contribution in [-0.2, 0) is 47.7 Å². The van der Waals surface area contributed by atoms with Crippen molar-refractivity contribution in [3.05, 3.63) is 392 Å². The fourth-order valence-corrected chi connectivity index (χ4v) is 15.4. The van der Waals surface area contributed by atoms with E-state index in [0.29, 0.717) is 149 Å². The summed E-state index contributed by atoms with van der Waals surface area (Å²) in [5.41, 5.74) is 18.3. The zero-order valence-corrected chi connectivity index (χ0v) is 80.3. The Labute approximate surface area is 823 Å². The van der Waals surface area contributed by atoms with Crippen molar-refractivity contribution in [3.8, 4) is 56.3 Å². The van der Waals surface area contributed by atoms with Gasteiger partial charge in [0.2, 0.25) is 30.1 Å². The van der Waals surface area contributed by atoms with Crippen LogP contribution in [0.3, 0.4) is 0 Å². The van der Waals surface area contributed by atoms with Crippen molar-refractivity contribution in [2.75, 3.05) is 60.4 Å². The molecule has 0 saturated heterocycles. The normalized spacial score (nSPS) is 11.2. The van der Waals surface area contributed by atoms with Crippen LogP contribution in [0.5, 0.6) is 0 Å². The molecule has 15 rings (SSSR count). The van der Waals surface area contributed by atoms with Crippen molar-refractivity contribution in [2.24, 2.45) is 10.9 Å². The lowest BCUT2D eigenvalue weighted by atomic mass is 10.1. The first-order chi connectivity index (χ1) is 66.2. The van der Waals surface area contributed by atoms with Crippen molar-refractivity contribution in [3.63, 3.8) is 0 Å². The third kappa shape index (κ3) is 31.0. The number of aliphatic hydroxyl groups excluding tert-OH is 1. The largest absolute Gasteiger partial charge is 0.433 e. The summed E-state index contributed by atoms with van der Waals surface area (Å²) in [6.07, 6.45) is 5.77. The molecular weight excluding hydrogens is 1950 g/mol. The minimum absolute atomic E-state index is 0.0231. The molecular formula is C99H84Cl5F3N16O13S3. The molecule has 40 heteroatoms. The third-order valence-corrected chi connectivity index (χ3v) is 24.0. The fourth-order valence-electron chi connectivity index (χ4n) is 12.5. The van der Waals surface area contributed by atoms with Crippen LogP contribution < -0.4 is 46.5 Å². The highest BCUT2D eigenvalue weighted by Gasteiger charge is 2.33. The minimum Gasteiger partial charge on any atom is -0.397 e. The number of nitrogens with one attached hydrogen (secondary N) is 8. The van der Waals surface area contributed by atoms with E-state index in [2.05, 4.69) is 80.6 Å². The molecule has 6 heterocycles. The highest BCUT2D eigenvalue weighted by atomic mass is 35.5. The number of amidine groups is 1. The highest BCUT2D eigenvalue weighted by Crippen LogP contribution is 2.37. The Morgan fingerprint density at radius 2 is 0.669 bits per heavy atom. The number of nitrogens with zero attached hydrogens (tertiary/aromatic N) is 7. The number of carbonyl (C=O) groups excluding carboxylic acids is 5. The molecule has 9 aromatic carbocycles. The van der Waals surface area contributed by atoms with Crippen molar-refractivity contribution in [1.82, 2.24) is 29.9 Å². The van der Waals surface area contributed by atoms with Crippen LogP contribution in [0, 0.1) is 6.92 Å². The quantitative estimate of drug-likeness (QED) is 0.0144. The van der Waals surface area contributed by atoms with Gasteiger partial charge >= 0.3 is 6.18 Å². The van der Waals surface area contributed by atoms with Gasteiger partial charge in [-0.3, -0.25) is 63.1 Å². The smallest absolute Gasteiger partial charge is 0.397 e. The molecule has 0 atom stereocenters. The standard InChI is InChI=1S/C21H20ClN3O3S.C20H15ClF3N3O2.C20H17ClN4O2.2C19H16ClN3O3S/c1-14(2)29(27,28)25-16-8-6-15(7-9-16)21(26)24-17-10-11-19(22)18(13-17)20-5-3-4-12-23-20;1-11-14(3-5-18(26-11)20(22,23)24)19(29)27-13-2-4-16(21)15(9-13)17-8-12(10-28)6-7-25-17;1-27-25-19(22)13-5-7-14(8-6-13)20(26)24-15-9-10-17(21)16(12-15)18-4-2-3-11-23-18;2*1-27(25,26)23-14-7-5-13(6-8-14)19(24)22-15-9-10-17(20)16(12-15)18-4-2-3-11-21-18/h3-14,25H,1-2H3,(H,24,26);2-9,28H,10H2,1H3,(H,27,29);2-12H,1H3,(H2,22,25)(H,24,26);2*2-12,23H,1H3,(H,22,24). The van der Waals surface area contributed by atoms with Gasteiger partial charge in [0, 0.05) is 132 Å². The van der Waals surface area contributed by atoms with Gasteiger partial charge in [0.25, 0.3) is 29.5 Å². The average Bonchev–Trinajstić information content (AvgIpc) is 0.816. The maximum atomic E-state index is 12.7. The predicted molar refractivity (Wildman–Crippen MR) is 541 cm³/mol. The summed E-state index contributed by atoms with van der Waals surface area (Å²) in [6.45, 7) is 4.36. The van der Waals surface area contributed by atoms with E-state index in [9.17, 15) is 67.5 Å². The van der Waals surface area contributed by atoms with Crippen LogP contribution in [0.25, 0.3) is 56.3 Å². The number of benzene rings is 9. The van der Waals surface area contributed by atoms with Crippen LogP contribution in [-0.4, -0.2) is 121 Å². The molecule has 11 N–H and O–H groups in total. The second-order valence-corrected chi connectivity index (χ2v) is 37.8. The number of carbonyl (C=O) groups is 5. The van der Waals surface area contributed by atoms with E-state index in [1.807, 2.05) is 72.8 Å². The van der Waals surface area contributed by atoms with E-state index < -0.39 is 53.1 Å². The Bertz CT molecular complexity index is 7150. The number of hydrogen-bond acceptors (Lipinski definition) is 20. The van der Waals surface area contributed by atoms with Gasteiger partial charge in [-0.1, -0.05) is 99.6 Å². The number of sulfonamides is 3. The van der Waals surface area contributed by atoms with E-state index in [1.54, 1.807) is 215 Å². The number of hydrogen-bond donors (Lipinski definition) is 10. The number of rotatable bonds is 25. The molecule has 0 aliphatic rings. The monoisotopic (exact) mass is 2030 g/mol. The Balaban J connectivity index is 0.000000166. The number of oxime groups is 1. The Morgan fingerprint density at radius 1 is 0.381 bits per heavy atom. The van der Waals surface area contributed by atoms with Crippen molar-refractivity contribution < 1.29 is 72.3 Å². The molecule has 6 aromatic heterocycles. The summed E-state index contributed by atoms with van der Waals surface area (Å²) in [5.74, 6) is -1.59. The Hall–Kier alpha value is -15.1. The second kappa shape index (κ2) is 48.1. The SMILES string of the molecule is CC(C)S(=O)(=O)Nc1ccc(C(=O)Nc2ccc(Cl)c(-c3ccccn3)c2)cc1.CON=C(N)c1ccc(C(=O)Nc2ccc(Cl)c(-c3ccccn3)c2)cc1.CS(=O)(=O)Nc1ccc(C(=O)Nc2ccc(Cl)c(-c3ccccn3)c2)cc1.CS(=O)(=O)Nc1ccc(C(=O)Nc2ccc(Cl)c(-c3ccccn3)c2)cc1.Cc1nc(C(F)(F)F)ccc1C(=O)Nc1ccc(Cl)c(-c2cc(CO)ccn2)c1. The number of pyridine rings is 6. The molecule has 0 fully saturated rings. The maximum Gasteiger partial charge on any atom is 0.433 e. The van der Waals surface area contributed by atoms with Crippen LogP contribution in [0.1, 0.15) is 88.2 Å². The summed E-state index contributed by atoms with van der Waals surface area (Å²) in [4.78, 5) is 91.9. The number of aryl methyl sites for hydroxylation is 1. The maximum absolute atomic E-state index is 12.7. The molecule has 0 aliphatic heterocycles. The van der Waals surface area contributed by atoms with Crippen LogP contribution in [0.4, 0.5) is 58.7 Å². The van der Waals surface area contributed by atoms with E-state index in [1.165, 1.54) is 44.5 Å². The van der Waals surface area contributed by atoms with Crippen molar-refractivity contribution in [2.45, 2.75) is 38.8 Å². The van der Waals surface area contributed by atoms with Crippen molar-refractivity contribution in [1.29, 1.82) is 0 Å². The van der Waals surface area contributed by atoms with Gasteiger partial charge in [-0.05, 0) is 275 Å². The number of anilines is 8. The Morgan fingerprint density at radius 3 is 0.950 bits per heavy atom. The second-order valence-electron chi connectivity index (χ2n) is 30.1. The van der Waals surface area contributed by atoms with E-state index >= 15 is 0 Å². The molecule has 29 nitrogen and oxygen atoms in total. The minimum atomic E-state index is -4.58. The number of aliphatic hydroxyl groups is 1. The summed E-state index contributed by atoms with van der Waals surface area (Å²) >= 11 is 31.3. The molecule has 0 saturated carbocycles. The van der Waals surface area contributed by atoms with Crippen molar-refractivity contribution >= 4 is 169 Å². The first kappa shape index (κ1) is 104. The van der Waals surface area contributed by atoms with E-state index in [0.717, 1.165) is 35.9 Å². The summed E-state index contributed by atoms with van der Waals surface area (Å²) in [6, 6.07) is 77.9. The fraction of sp³-hybridized carbons (Fsp3) is 0.0909. The van der Waals surface area contributed by atoms with Crippen LogP contribution in [0.15, 0.2) is 321 Å². The lowest BCUT2D eigenvalue weighted by Crippen LogP contribution is -2.22. The van der Waals surface area contributed by atoms with Crippen LogP contribution in [0.2, 0.25) is 25.1 Å². The van der Waals surface area contributed by atoms with Gasteiger partial charge in [0.1, 0.15) is 12.8 Å². The molecule has 0 bridgehead atoms. The number of halogens is 8.